The first-order valence-electron chi connectivity index (χ1n) is 6.70. The van der Waals surface area contributed by atoms with Crippen LogP contribution in [0.4, 0.5) is 5.95 Å². The van der Waals surface area contributed by atoms with E-state index in [4.69, 9.17) is 5.73 Å². The molecular formula is C17H17N3. The minimum atomic E-state index is 0.569. The Kier molecular flexibility index (Phi) is 3.50. The molecule has 3 heteroatoms. The van der Waals surface area contributed by atoms with Gasteiger partial charge in [0.1, 0.15) is 0 Å². The third-order valence-electron chi connectivity index (χ3n) is 3.28. The van der Waals surface area contributed by atoms with Crippen LogP contribution in [0.15, 0.2) is 66.9 Å². The lowest BCUT2D eigenvalue weighted by Crippen LogP contribution is -2.03. The SMILES string of the molecule is Nc1nc(Cc2ccccc2)cn1Cc1ccccc1. The summed E-state index contributed by atoms with van der Waals surface area (Å²) in [6, 6.07) is 20.6. The lowest BCUT2D eigenvalue weighted by Gasteiger charge is -2.03. The van der Waals surface area contributed by atoms with E-state index >= 15 is 0 Å². The number of imidazole rings is 1. The monoisotopic (exact) mass is 263 g/mol. The zero-order chi connectivity index (χ0) is 13.8. The average molecular weight is 263 g/mol. The van der Waals surface area contributed by atoms with Crippen LogP contribution in [0, 0.1) is 0 Å². The van der Waals surface area contributed by atoms with Crippen LogP contribution in [0.5, 0.6) is 0 Å². The number of nitrogen functional groups attached to an aromatic ring is 1. The number of benzene rings is 2. The molecule has 3 nitrogen and oxygen atoms in total. The number of nitrogens with zero attached hydrogens (tertiary/aromatic N) is 2. The third-order valence-corrected chi connectivity index (χ3v) is 3.28. The molecule has 2 aromatic carbocycles. The third kappa shape index (κ3) is 2.88. The Morgan fingerprint density at radius 3 is 2.10 bits per heavy atom. The van der Waals surface area contributed by atoms with Gasteiger partial charge in [-0.2, -0.15) is 0 Å². The highest BCUT2D eigenvalue weighted by molar-refractivity contribution is 5.28. The first-order chi connectivity index (χ1) is 9.81. The van der Waals surface area contributed by atoms with Crippen molar-refractivity contribution in [2.75, 3.05) is 5.73 Å². The van der Waals surface area contributed by atoms with E-state index < -0.39 is 0 Å². The van der Waals surface area contributed by atoms with Crippen LogP contribution in [0.25, 0.3) is 0 Å². The quantitative estimate of drug-likeness (QED) is 0.786. The van der Waals surface area contributed by atoms with E-state index in [0.717, 1.165) is 18.7 Å². The van der Waals surface area contributed by atoms with Crippen LogP contribution in [0.1, 0.15) is 16.8 Å². The van der Waals surface area contributed by atoms with E-state index in [1.165, 1.54) is 11.1 Å². The maximum Gasteiger partial charge on any atom is 0.200 e. The fourth-order valence-corrected chi connectivity index (χ4v) is 2.28. The molecule has 1 aromatic heterocycles. The molecule has 20 heavy (non-hydrogen) atoms. The van der Waals surface area contributed by atoms with E-state index in [0.29, 0.717) is 5.95 Å². The Morgan fingerprint density at radius 1 is 0.850 bits per heavy atom. The van der Waals surface area contributed by atoms with Gasteiger partial charge >= 0.3 is 0 Å². The lowest BCUT2D eigenvalue weighted by atomic mass is 10.1. The molecule has 2 N–H and O–H groups in total. The highest BCUT2D eigenvalue weighted by Gasteiger charge is 2.06. The molecule has 1 heterocycles. The second-order valence-corrected chi connectivity index (χ2v) is 4.87. The van der Waals surface area contributed by atoms with Crippen LogP contribution in [0.2, 0.25) is 0 Å². The van der Waals surface area contributed by atoms with E-state index in [9.17, 15) is 0 Å². The molecule has 3 aromatic rings. The van der Waals surface area contributed by atoms with Gasteiger partial charge in [0.05, 0.1) is 12.2 Å². The van der Waals surface area contributed by atoms with Crippen molar-refractivity contribution in [3.05, 3.63) is 83.7 Å². The van der Waals surface area contributed by atoms with Crippen LogP contribution < -0.4 is 5.73 Å². The van der Waals surface area contributed by atoms with Crippen LogP contribution in [-0.4, -0.2) is 9.55 Å². The summed E-state index contributed by atoms with van der Waals surface area (Å²) >= 11 is 0. The molecule has 0 saturated heterocycles. The Balaban J connectivity index is 1.77. The highest BCUT2D eigenvalue weighted by Crippen LogP contribution is 2.13. The molecule has 100 valence electrons. The van der Waals surface area contributed by atoms with Gasteiger partial charge in [0, 0.05) is 12.6 Å². The van der Waals surface area contributed by atoms with Gasteiger partial charge in [0.25, 0.3) is 0 Å². The molecular weight excluding hydrogens is 246 g/mol. The van der Waals surface area contributed by atoms with Crippen molar-refractivity contribution in [3.8, 4) is 0 Å². The van der Waals surface area contributed by atoms with E-state index in [-0.39, 0.29) is 0 Å². The molecule has 0 bridgehead atoms. The maximum atomic E-state index is 5.99. The van der Waals surface area contributed by atoms with Gasteiger partial charge in [-0.25, -0.2) is 4.98 Å². The van der Waals surface area contributed by atoms with E-state index in [1.807, 2.05) is 47.2 Å². The minimum Gasteiger partial charge on any atom is -0.369 e. The van der Waals surface area contributed by atoms with Crippen molar-refractivity contribution in [1.82, 2.24) is 9.55 Å². The molecule has 0 aliphatic heterocycles. The van der Waals surface area contributed by atoms with Gasteiger partial charge in [-0.3, -0.25) is 0 Å². The number of hydrogen-bond donors (Lipinski definition) is 1. The highest BCUT2D eigenvalue weighted by atomic mass is 15.1. The van der Waals surface area contributed by atoms with Gasteiger partial charge in [-0.1, -0.05) is 60.7 Å². The Labute approximate surface area is 118 Å². The number of nitrogens with two attached hydrogens (primary N) is 1. The number of anilines is 1. The van der Waals surface area contributed by atoms with E-state index in [2.05, 4.69) is 29.2 Å². The van der Waals surface area contributed by atoms with Gasteiger partial charge < -0.3 is 10.3 Å². The molecule has 0 spiro atoms. The largest absolute Gasteiger partial charge is 0.369 e. The molecule has 0 saturated carbocycles. The molecule has 3 rings (SSSR count). The van der Waals surface area contributed by atoms with Gasteiger partial charge in [0.2, 0.25) is 5.95 Å². The zero-order valence-corrected chi connectivity index (χ0v) is 11.2. The van der Waals surface area contributed by atoms with Gasteiger partial charge in [-0.05, 0) is 11.1 Å². The topological polar surface area (TPSA) is 43.8 Å². The molecule has 0 fully saturated rings. The fraction of sp³-hybridized carbons (Fsp3) is 0.118. The first-order valence-corrected chi connectivity index (χ1v) is 6.70. The van der Waals surface area contributed by atoms with Crippen molar-refractivity contribution < 1.29 is 0 Å². The van der Waals surface area contributed by atoms with Crippen LogP contribution in [0.3, 0.4) is 0 Å². The van der Waals surface area contributed by atoms with Crippen molar-refractivity contribution in [3.63, 3.8) is 0 Å². The summed E-state index contributed by atoms with van der Waals surface area (Å²) in [5.74, 6) is 0.569. The second kappa shape index (κ2) is 5.61. The summed E-state index contributed by atoms with van der Waals surface area (Å²) in [5.41, 5.74) is 9.47. The zero-order valence-electron chi connectivity index (χ0n) is 11.2. The smallest absolute Gasteiger partial charge is 0.200 e. The summed E-state index contributed by atoms with van der Waals surface area (Å²) in [6.45, 7) is 0.758. The molecule has 0 aliphatic carbocycles. The molecule has 0 unspecified atom stereocenters. The van der Waals surface area contributed by atoms with Crippen molar-refractivity contribution in [2.45, 2.75) is 13.0 Å². The predicted octanol–water partition coefficient (Wildman–Crippen LogP) is 3.10. The summed E-state index contributed by atoms with van der Waals surface area (Å²) in [6.07, 6.45) is 2.85. The standard InChI is InChI=1S/C17H17N3/c18-17-19-16(11-14-7-3-1-4-8-14)13-20(17)12-15-9-5-2-6-10-15/h1-10,13H,11-12H2,(H2,18,19). The molecule has 0 aliphatic rings. The number of aromatic nitrogens is 2. The maximum absolute atomic E-state index is 5.99. The van der Waals surface area contributed by atoms with Crippen molar-refractivity contribution >= 4 is 5.95 Å². The summed E-state index contributed by atoms with van der Waals surface area (Å²) in [7, 11) is 0. The summed E-state index contributed by atoms with van der Waals surface area (Å²) in [5, 5.41) is 0. The normalized spacial score (nSPS) is 10.6. The number of rotatable bonds is 4. The number of hydrogen-bond acceptors (Lipinski definition) is 2. The van der Waals surface area contributed by atoms with Crippen LogP contribution >= 0.6 is 0 Å². The fourth-order valence-electron chi connectivity index (χ4n) is 2.28. The summed E-state index contributed by atoms with van der Waals surface area (Å²) in [4.78, 5) is 4.44. The summed E-state index contributed by atoms with van der Waals surface area (Å²) < 4.78 is 1.99. The van der Waals surface area contributed by atoms with Crippen molar-refractivity contribution in [1.29, 1.82) is 0 Å². The predicted molar refractivity (Wildman–Crippen MR) is 81.4 cm³/mol. The van der Waals surface area contributed by atoms with Gasteiger partial charge in [0.15, 0.2) is 0 Å². The molecule has 0 atom stereocenters. The lowest BCUT2D eigenvalue weighted by molar-refractivity contribution is 0.809. The Bertz CT molecular complexity index is 672. The van der Waals surface area contributed by atoms with Gasteiger partial charge in [-0.15, -0.1) is 0 Å². The average Bonchev–Trinajstić information content (AvgIpc) is 2.81. The molecule has 0 radical (unpaired) electrons. The molecule has 0 amide bonds. The van der Waals surface area contributed by atoms with Crippen molar-refractivity contribution in [2.24, 2.45) is 0 Å². The Morgan fingerprint density at radius 2 is 1.45 bits per heavy atom. The first kappa shape index (κ1) is 12.5. The van der Waals surface area contributed by atoms with Crippen LogP contribution in [-0.2, 0) is 13.0 Å². The Hall–Kier alpha value is -2.55. The minimum absolute atomic E-state index is 0.569. The van der Waals surface area contributed by atoms with E-state index in [1.54, 1.807) is 0 Å². The second-order valence-electron chi connectivity index (χ2n) is 4.87.